The summed E-state index contributed by atoms with van der Waals surface area (Å²) >= 11 is 0. The number of hydrogen-bond acceptors (Lipinski definition) is 7. The molecule has 11 heteroatoms. The number of hydrogen-bond donors (Lipinski definition) is 2. The van der Waals surface area contributed by atoms with Gasteiger partial charge in [-0.15, -0.1) is 0 Å². The number of carbonyl (C=O) groups excluding carboxylic acids is 2. The summed E-state index contributed by atoms with van der Waals surface area (Å²) in [6, 6.07) is 7.53. The van der Waals surface area contributed by atoms with E-state index < -0.39 is 23.6 Å². The maximum absolute atomic E-state index is 14.7. The van der Waals surface area contributed by atoms with Gasteiger partial charge in [-0.3, -0.25) is 9.69 Å². The van der Waals surface area contributed by atoms with Gasteiger partial charge in [-0.25, -0.2) is 14.0 Å². The number of halogens is 1. The second kappa shape index (κ2) is 14.0. The van der Waals surface area contributed by atoms with Crippen molar-refractivity contribution in [1.82, 2.24) is 15.1 Å². The van der Waals surface area contributed by atoms with E-state index in [0.29, 0.717) is 42.9 Å². The zero-order valence-electron chi connectivity index (χ0n) is 25.5. The molecule has 0 saturated carbocycles. The minimum atomic E-state index is -1.17. The number of carbonyl (C=O) groups is 3. The van der Waals surface area contributed by atoms with E-state index in [1.54, 1.807) is 30.9 Å². The first-order chi connectivity index (χ1) is 19.7. The number of nitrogens with one attached hydrogen (secondary N) is 1. The molecule has 0 unspecified atom stereocenters. The highest BCUT2D eigenvalue weighted by Crippen LogP contribution is 2.31. The molecule has 2 aromatic carbocycles. The van der Waals surface area contributed by atoms with Gasteiger partial charge in [-0.05, 0) is 76.4 Å². The quantitative estimate of drug-likeness (QED) is 0.388. The average Bonchev–Trinajstić information content (AvgIpc) is 2.88. The summed E-state index contributed by atoms with van der Waals surface area (Å²) in [5, 5.41) is 12.4. The van der Waals surface area contributed by atoms with Crippen molar-refractivity contribution in [2.45, 2.75) is 59.3 Å². The topological polar surface area (TPSA) is 118 Å². The molecule has 3 rings (SSSR count). The third-order valence-corrected chi connectivity index (χ3v) is 6.99. The minimum absolute atomic E-state index is 0.0238. The van der Waals surface area contributed by atoms with Crippen LogP contribution in [0, 0.1) is 19.7 Å². The van der Waals surface area contributed by atoms with E-state index >= 15 is 0 Å². The van der Waals surface area contributed by atoms with Gasteiger partial charge in [0.05, 0.1) is 17.7 Å². The summed E-state index contributed by atoms with van der Waals surface area (Å²) in [6.07, 6.45) is -1.08. The van der Waals surface area contributed by atoms with Crippen molar-refractivity contribution in [3.8, 4) is 5.75 Å². The molecule has 2 amide bonds. The van der Waals surface area contributed by atoms with E-state index in [1.165, 1.54) is 25.3 Å². The standard InChI is InChI=1S/C31H42FN3O7/c1-19-8-9-22(15-25(19)32)27(18-34-11-12-35(21(3)17-34)30(39)42-31(4,5)6)41-26-14-20(2)23(29(37)38)16-24(26)28(36)33-10-13-40-7/h8-9,14-16,21,27H,10-13,17-18H2,1-7H3,(H,33,36)(H,37,38)/t21-,27-/m1/s1. The van der Waals surface area contributed by atoms with Gasteiger partial charge in [-0.2, -0.15) is 0 Å². The summed E-state index contributed by atoms with van der Waals surface area (Å²) < 4.78 is 31.7. The van der Waals surface area contributed by atoms with Crippen LogP contribution in [-0.2, 0) is 9.47 Å². The Kier molecular flexibility index (Phi) is 10.9. The fraction of sp³-hybridized carbons (Fsp3) is 0.516. The van der Waals surface area contributed by atoms with Crippen molar-refractivity contribution in [2.24, 2.45) is 0 Å². The van der Waals surface area contributed by atoms with Crippen LogP contribution in [0.25, 0.3) is 0 Å². The SMILES string of the molecule is COCCNC(=O)c1cc(C(=O)O)c(C)cc1O[C@H](CN1CCN(C(=O)OC(C)(C)C)[C@H](C)C1)c1ccc(C)c(F)c1. The Hall–Kier alpha value is -3.70. The van der Waals surface area contributed by atoms with Crippen molar-refractivity contribution in [3.05, 3.63) is 64.0 Å². The highest BCUT2D eigenvalue weighted by atomic mass is 19.1. The molecule has 2 aromatic rings. The summed E-state index contributed by atoms with van der Waals surface area (Å²) in [5.41, 5.74) is 0.881. The third-order valence-electron chi connectivity index (χ3n) is 6.99. The van der Waals surface area contributed by atoms with Crippen molar-refractivity contribution in [2.75, 3.05) is 46.4 Å². The first-order valence-electron chi connectivity index (χ1n) is 14.0. The Morgan fingerprint density at radius 2 is 1.81 bits per heavy atom. The summed E-state index contributed by atoms with van der Waals surface area (Å²) in [4.78, 5) is 41.5. The molecule has 1 fully saturated rings. The molecule has 0 aliphatic carbocycles. The molecule has 2 N–H and O–H groups in total. The molecule has 10 nitrogen and oxygen atoms in total. The maximum atomic E-state index is 14.7. The normalized spacial score (nSPS) is 16.6. The second-order valence-corrected chi connectivity index (χ2v) is 11.6. The number of aryl methyl sites for hydroxylation is 2. The fourth-order valence-corrected chi connectivity index (χ4v) is 4.75. The van der Waals surface area contributed by atoms with Crippen LogP contribution in [0.5, 0.6) is 5.75 Å². The van der Waals surface area contributed by atoms with Crippen LogP contribution in [0.3, 0.4) is 0 Å². The molecule has 0 radical (unpaired) electrons. The van der Waals surface area contributed by atoms with Crippen LogP contribution in [0.4, 0.5) is 9.18 Å². The van der Waals surface area contributed by atoms with Crippen molar-refractivity contribution >= 4 is 18.0 Å². The van der Waals surface area contributed by atoms with Crippen LogP contribution < -0.4 is 10.1 Å². The molecule has 2 atom stereocenters. The summed E-state index contributed by atoms with van der Waals surface area (Å²) in [7, 11) is 1.51. The number of rotatable bonds is 10. The number of aromatic carboxylic acids is 1. The molecule has 230 valence electrons. The number of ether oxygens (including phenoxy) is 3. The summed E-state index contributed by atoms with van der Waals surface area (Å²) in [6.45, 7) is 13.0. The minimum Gasteiger partial charge on any atom is -0.484 e. The molecular formula is C31H42FN3O7. The Balaban J connectivity index is 1.92. The lowest BCUT2D eigenvalue weighted by molar-refractivity contribution is -0.00301. The number of piperazine rings is 1. The lowest BCUT2D eigenvalue weighted by Gasteiger charge is -2.41. The van der Waals surface area contributed by atoms with E-state index in [4.69, 9.17) is 14.2 Å². The lowest BCUT2D eigenvalue weighted by atomic mass is 10.0. The van der Waals surface area contributed by atoms with E-state index in [9.17, 15) is 23.9 Å². The molecule has 42 heavy (non-hydrogen) atoms. The van der Waals surface area contributed by atoms with Gasteiger partial charge in [0.15, 0.2) is 0 Å². The van der Waals surface area contributed by atoms with Crippen LogP contribution >= 0.6 is 0 Å². The predicted octanol–water partition coefficient (Wildman–Crippen LogP) is 4.58. The largest absolute Gasteiger partial charge is 0.484 e. The molecule has 1 heterocycles. The predicted molar refractivity (Wildman–Crippen MR) is 156 cm³/mol. The number of carboxylic acid groups (broad SMARTS) is 1. The van der Waals surface area contributed by atoms with Gasteiger partial charge in [-0.1, -0.05) is 12.1 Å². The van der Waals surface area contributed by atoms with E-state index in [-0.39, 0.29) is 48.0 Å². The van der Waals surface area contributed by atoms with E-state index in [1.807, 2.05) is 27.7 Å². The summed E-state index contributed by atoms with van der Waals surface area (Å²) in [5.74, 6) is -1.89. The van der Waals surface area contributed by atoms with Crippen molar-refractivity contribution in [3.63, 3.8) is 0 Å². The van der Waals surface area contributed by atoms with Gasteiger partial charge < -0.3 is 29.5 Å². The van der Waals surface area contributed by atoms with Crippen molar-refractivity contribution in [1.29, 1.82) is 0 Å². The Labute approximate surface area is 246 Å². The van der Waals surface area contributed by atoms with Crippen LogP contribution in [0.2, 0.25) is 0 Å². The maximum Gasteiger partial charge on any atom is 0.410 e. The van der Waals surface area contributed by atoms with Gasteiger partial charge in [0, 0.05) is 45.9 Å². The number of methoxy groups -OCH3 is 1. The van der Waals surface area contributed by atoms with Crippen molar-refractivity contribution < 1.29 is 38.1 Å². The lowest BCUT2D eigenvalue weighted by Crippen LogP contribution is -2.55. The fourth-order valence-electron chi connectivity index (χ4n) is 4.75. The van der Waals surface area contributed by atoms with E-state index in [2.05, 4.69) is 10.2 Å². The first kappa shape index (κ1) is 32.8. The van der Waals surface area contributed by atoms with Crippen LogP contribution in [0.1, 0.15) is 71.2 Å². The smallest absolute Gasteiger partial charge is 0.410 e. The molecule has 0 bridgehead atoms. The zero-order chi connectivity index (χ0) is 31.2. The van der Waals surface area contributed by atoms with Gasteiger partial charge in [0.2, 0.25) is 0 Å². The Morgan fingerprint density at radius 3 is 2.40 bits per heavy atom. The monoisotopic (exact) mass is 587 g/mol. The molecular weight excluding hydrogens is 545 g/mol. The Morgan fingerprint density at radius 1 is 1.10 bits per heavy atom. The molecule has 1 saturated heterocycles. The van der Waals surface area contributed by atoms with Gasteiger partial charge in [0.1, 0.15) is 23.3 Å². The molecule has 0 spiro atoms. The second-order valence-electron chi connectivity index (χ2n) is 11.6. The molecule has 1 aliphatic heterocycles. The van der Waals surface area contributed by atoms with Gasteiger partial charge in [0.25, 0.3) is 5.91 Å². The number of nitrogens with zero attached hydrogens (tertiary/aromatic N) is 2. The van der Waals surface area contributed by atoms with E-state index in [0.717, 1.165) is 0 Å². The number of amides is 2. The molecule has 0 aromatic heterocycles. The van der Waals surface area contributed by atoms with Gasteiger partial charge >= 0.3 is 12.1 Å². The average molecular weight is 588 g/mol. The highest BCUT2D eigenvalue weighted by molar-refractivity contribution is 6.00. The number of carboxylic acids is 1. The Bertz CT molecular complexity index is 1290. The zero-order valence-corrected chi connectivity index (χ0v) is 25.5. The third kappa shape index (κ3) is 8.65. The molecule has 1 aliphatic rings. The van der Waals surface area contributed by atoms with Crippen LogP contribution in [-0.4, -0.2) is 91.0 Å². The first-order valence-corrected chi connectivity index (χ1v) is 14.0. The van der Waals surface area contributed by atoms with Crippen LogP contribution in [0.15, 0.2) is 30.3 Å². The number of benzene rings is 2. The highest BCUT2D eigenvalue weighted by Gasteiger charge is 2.33.